The van der Waals surface area contributed by atoms with Crippen LogP contribution in [0.1, 0.15) is 56.7 Å². The molecule has 3 nitrogen and oxygen atoms in total. The van der Waals surface area contributed by atoms with Gasteiger partial charge in [-0.15, -0.1) is 0 Å². The number of benzene rings is 1. The van der Waals surface area contributed by atoms with Crippen LogP contribution in [0.25, 0.3) is 0 Å². The summed E-state index contributed by atoms with van der Waals surface area (Å²) >= 11 is 0. The molecule has 1 aliphatic rings. The van der Waals surface area contributed by atoms with Crippen LogP contribution in [0.4, 0.5) is 0 Å². The van der Waals surface area contributed by atoms with Gasteiger partial charge in [0.25, 0.3) is 0 Å². The molecule has 0 heterocycles. The number of rotatable bonds is 5. The predicted octanol–water partition coefficient (Wildman–Crippen LogP) is 3.35. The van der Waals surface area contributed by atoms with Gasteiger partial charge in [-0.1, -0.05) is 31.0 Å². The zero-order valence-electron chi connectivity index (χ0n) is 12.9. The zero-order chi connectivity index (χ0) is 14.5. The Kier molecular flexibility index (Phi) is 5.44. The molecule has 1 aliphatic carbocycles. The lowest BCUT2D eigenvalue weighted by atomic mass is 9.94. The molecule has 2 rings (SSSR count). The minimum atomic E-state index is -0.327. The van der Waals surface area contributed by atoms with Gasteiger partial charge in [-0.3, -0.25) is 0 Å². The summed E-state index contributed by atoms with van der Waals surface area (Å²) in [6.45, 7) is 7.29. The Hall–Kier alpha value is -1.06. The first-order valence-electron chi connectivity index (χ1n) is 7.80. The summed E-state index contributed by atoms with van der Waals surface area (Å²) in [6, 6.07) is 6.56. The molecular formula is C17H27NO2. The van der Waals surface area contributed by atoms with E-state index in [4.69, 9.17) is 4.74 Å². The highest BCUT2D eigenvalue weighted by molar-refractivity contribution is 5.39. The summed E-state index contributed by atoms with van der Waals surface area (Å²) in [6.07, 6.45) is 3.67. The van der Waals surface area contributed by atoms with Gasteiger partial charge in [-0.25, -0.2) is 0 Å². The monoisotopic (exact) mass is 277 g/mol. The largest absolute Gasteiger partial charge is 0.487 e. The molecule has 0 bridgehead atoms. The number of hydrogen-bond acceptors (Lipinski definition) is 3. The molecule has 3 heteroatoms. The van der Waals surface area contributed by atoms with Crippen LogP contribution in [0.5, 0.6) is 5.75 Å². The van der Waals surface area contributed by atoms with Crippen molar-refractivity contribution < 1.29 is 9.84 Å². The molecule has 0 aliphatic heterocycles. The van der Waals surface area contributed by atoms with E-state index in [0.717, 1.165) is 38.0 Å². The molecule has 3 unspecified atom stereocenters. The number of hydrogen-bond donors (Lipinski definition) is 2. The molecule has 0 saturated heterocycles. The minimum Gasteiger partial charge on any atom is -0.487 e. The summed E-state index contributed by atoms with van der Waals surface area (Å²) in [5.41, 5.74) is 2.42. The van der Waals surface area contributed by atoms with Gasteiger partial charge in [-0.2, -0.15) is 0 Å². The van der Waals surface area contributed by atoms with Crippen molar-refractivity contribution in [1.82, 2.24) is 5.32 Å². The first-order chi connectivity index (χ1) is 9.61. The van der Waals surface area contributed by atoms with Crippen molar-refractivity contribution >= 4 is 0 Å². The Morgan fingerprint density at radius 1 is 1.35 bits per heavy atom. The Balaban J connectivity index is 2.17. The first kappa shape index (κ1) is 15.3. The SMILES string of the molecule is CCNC(C)c1cc(C)ccc1OC1CCCCC1O. The highest BCUT2D eigenvalue weighted by Crippen LogP contribution is 2.30. The summed E-state index contributed by atoms with van der Waals surface area (Å²) in [7, 11) is 0. The normalized spacial score (nSPS) is 24.4. The Labute approximate surface area is 122 Å². The fourth-order valence-electron chi connectivity index (χ4n) is 2.91. The molecule has 3 atom stereocenters. The van der Waals surface area contributed by atoms with Crippen LogP contribution < -0.4 is 10.1 Å². The molecule has 0 aromatic heterocycles. The molecule has 1 aromatic carbocycles. The second kappa shape index (κ2) is 7.09. The Bertz CT molecular complexity index is 433. The van der Waals surface area contributed by atoms with Gasteiger partial charge in [0.1, 0.15) is 11.9 Å². The van der Waals surface area contributed by atoms with E-state index in [1.165, 1.54) is 11.1 Å². The highest BCUT2D eigenvalue weighted by atomic mass is 16.5. The second-order valence-electron chi connectivity index (χ2n) is 5.83. The summed E-state index contributed by atoms with van der Waals surface area (Å²) in [5, 5.41) is 13.5. The quantitative estimate of drug-likeness (QED) is 0.867. The number of aliphatic hydroxyl groups excluding tert-OH is 1. The molecule has 1 fully saturated rings. The maximum atomic E-state index is 10.1. The molecule has 0 amide bonds. The number of nitrogens with one attached hydrogen (secondary N) is 1. The fourth-order valence-corrected chi connectivity index (χ4v) is 2.91. The molecule has 112 valence electrons. The van der Waals surface area contributed by atoms with Gasteiger partial charge in [0.2, 0.25) is 0 Å². The topological polar surface area (TPSA) is 41.5 Å². The van der Waals surface area contributed by atoms with Gasteiger partial charge in [0.05, 0.1) is 6.10 Å². The van der Waals surface area contributed by atoms with Crippen molar-refractivity contribution in [3.8, 4) is 5.75 Å². The van der Waals surface area contributed by atoms with Crippen LogP contribution in [0.2, 0.25) is 0 Å². The minimum absolute atomic E-state index is 0.0565. The smallest absolute Gasteiger partial charge is 0.124 e. The maximum absolute atomic E-state index is 10.1. The molecule has 1 aromatic rings. The van der Waals surface area contributed by atoms with Crippen molar-refractivity contribution in [3.63, 3.8) is 0 Å². The third-order valence-electron chi connectivity index (χ3n) is 4.09. The van der Waals surface area contributed by atoms with E-state index >= 15 is 0 Å². The van der Waals surface area contributed by atoms with Crippen molar-refractivity contribution in [2.24, 2.45) is 0 Å². The third kappa shape index (κ3) is 3.74. The van der Waals surface area contributed by atoms with Gasteiger partial charge in [-0.05, 0) is 45.7 Å². The average molecular weight is 277 g/mol. The van der Waals surface area contributed by atoms with Crippen LogP contribution in [-0.2, 0) is 0 Å². The van der Waals surface area contributed by atoms with E-state index in [0.29, 0.717) is 0 Å². The molecule has 0 radical (unpaired) electrons. The predicted molar refractivity (Wildman–Crippen MR) is 82.2 cm³/mol. The van der Waals surface area contributed by atoms with E-state index in [1.54, 1.807) is 0 Å². The molecule has 1 saturated carbocycles. The third-order valence-corrected chi connectivity index (χ3v) is 4.09. The van der Waals surface area contributed by atoms with Crippen molar-refractivity contribution in [3.05, 3.63) is 29.3 Å². The number of ether oxygens (including phenoxy) is 1. The summed E-state index contributed by atoms with van der Waals surface area (Å²) < 4.78 is 6.13. The van der Waals surface area contributed by atoms with Crippen molar-refractivity contribution in [1.29, 1.82) is 0 Å². The Morgan fingerprint density at radius 2 is 2.10 bits per heavy atom. The van der Waals surface area contributed by atoms with E-state index < -0.39 is 0 Å². The lowest BCUT2D eigenvalue weighted by Crippen LogP contribution is -2.35. The first-order valence-corrected chi connectivity index (χ1v) is 7.80. The average Bonchev–Trinajstić information content (AvgIpc) is 2.43. The Morgan fingerprint density at radius 3 is 2.80 bits per heavy atom. The standard InChI is InChI=1S/C17H27NO2/c1-4-18-13(3)14-11-12(2)9-10-16(14)20-17-8-6-5-7-15(17)19/h9-11,13,15,17-19H,4-8H2,1-3H3. The van der Waals surface area contributed by atoms with E-state index in [2.05, 4.69) is 38.2 Å². The van der Waals surface area contributed by atoms with E-state index in [-0.39, 0.29) is 18.2 Å². The molecule has 0 spiro atoms. The second-order valence-corrected chi connectivity index (χ2v) is 5.83. The van der Waals surface area contributed by atoms with Gasteiger partial charge < -0.3 is 15.2 Å². The van der Waals surface area contributed by atoms with Gasteiger partial charge >= 0.3 is 0 Å². The maximum Gasteiger partial charge on any atom is 0.124 e. The van der Waals surface area contributed by atoms with Crippen LogP contribution in [0.15, 0.2) is 18.2 Å². The fraction of sp³-hybridized carbons (Fsp3) is 0.647. The number of aliphatic hydroxyl groups is 1. The number of aryl methyl sites for hydroxylation is 1. The lowest BCUT2D eigenvalue weighted by molar-refractivity contribution is 0.00618. The summed E-state index contributed by atoms with van der Waals surface area (Å²) in [4.78, 5) is 0. The zero-order valence-corrected chi connectivity index (χ0v) is 12.9. The van der Waals surface area contributed by atoms with Crippen LogP contribution in [0.3, 0.4) is 0 Å². The molecular weight excluding hydrogens is 250 g/mol. The lowest BCUT2D eigenvalue weighted by Gasteiger charge is -2.30. The van der Waals surface area contributed by atoms with Gasteiger partial charge in [0, 0.05) is 11.6 Å². The van der Waals surface area contributed by atoms with Gasteiger partial charge in [0.15, 0.2) is 0 Å². The van der Waals surface area contributed by atoms with Crippen molar-refractivity contribution in [2.75, 3.05) is 6.54 Å². The summed E-state index contributed by atoms with van der Waals surface area (Å²) in [5.74, 6) is 0.912. The van der Waals surface area contributed by atoms with Crippen LogP contribution in [0, 0.1) is 6.92 Å². The highest BCUT2D eigenvalue weighted by Gasteiger charge is 2.25. The molecule has 20 heavy (non-hydrogen) atoms. The van der Waals surface area contributed by atoms with E-state index in [9.17, 15) is 5.11 Å². The van der Waals surface area contributed by atoms with Crippen LogP contribution in [-0.4, -0.2) is 23.9 Å². The molecule has 2 N–H and O–H groups in total. The van der Waals surface area contributed by atoms with Crippen LogP contribution >= 0.6 is 0 Å². The van der Waals surface area contributed by atoms with Crippen molar-refractivity contribution in [2.45, 2.75) is 64.7 Å². The van der Waals surface area contributed by atoms with E-state index in [1.807, 2.05) is 6.07 Å².